The molecule has 2 fully saturated rings. The number of nitrogens with zero attached hydrogens (tertiary/aromatic N) is 1. The van der Waals surface area contributed by atoms with E-state index in [-0.39, 0.29) is 0 Å². The van der Waals surface area contributed by atoms with Crippen LogP contribution >= 0.6 is 0 Å². The molecule has 0 aromatic heterocycles. The van der Waals surface area contributed by atoms with Crippen LogP contribution in [0.15, 0.2) is 30.3 Å². The molecule has 0 N–H and O–H groups in total. The summed E-state index contributed by atoms with van der Waals surface area (Å²) in [5.74, 6) is 0.866. The highest BCUT2D eigenvalue weighted by Gasteiger charge is 2.54. The molecule has 0 radical (unpaired) electrons. The van der Waals surface area contributed by atoms with E-state index in [9.17, 15) is 0 Å². The standard InChI is InChI=1S/C16H23NO/c1-18-12-11-17-13-15-9-5-6-10-16(15,17)14-7-3-2-4-8-14/h2-4,7-8,15H,5-6,9-13H2,1H3. The van der Waals surface area contributed by atoms with E-state index < -0.39 is 0 Å². The van der Waals surface area contributed by atoms with E-state index in [1.54, 1.807) is 7.11 Å². The molecule has 2 nitrogen and oxygen atoms in total. The molecule has 1 aliphatic carbocycles. The Morgan fingerprint density at radius 2 is 2.11 bits per heavy atom. The Bertz CT molecular complexity index is 389. The maximum Gasteiger partial charge on any atom is 0.0590 e. The summed E-state index contributed by atoms with van der Waals surface area (Å²) in [6, 6.07) is 11.1. The van der Waals surface area contributed by atoms with Crippen molar-refractivity contribution in [1.29, 1.82) is 0 Å². The van der Waals surface area contributed by atoms with Gasteiger partial charge in [-0.05, 0) is 24.3 Å². The van der Waals surface area contributed by atoms with Gasteiger partial charge >= 0.3 is 0 Å². The summed E-state index contributed by atoms with van der Waals surface area (Å²) >= 11 is 0. The maximum absolute atomic E-state index is 5.27. The Morgan fingerprint density at radius 3 is 2.83 bits per heavy atom. The molecule has 3 rings (SSSR count). The van der Waals surface area contributed by atoms with Crippen LogP contribution in [0.1, 0.15) is 31.2 Å². The van der Waals surface area contributed by atoms with Gasteiger partial charge in [0.2, 0.25) is 0 Å². The number of ether oxygens (including phenoxy) is 1. The van der Waals surface area contributed by atoms with E-state index in [1.807, 2.05) is 0 Å². The van der Waals surface area contributed by atoms with Gasteiger partial charge in [-0.1, -0.05) is 43.2 Å². The van der Waals surface area contributed by atoms with E-state index in [2.05, 4.69) is 35.2 Å². The number of fused-ring (bicyclic) bond motifs is 1. The Kier molecular flexibility index (Phi) is 3.40. The molecule has 1 saturated heterocycles. The number of likely N-dealkylation sites (tertiary alicyclic amines) is 1. The second kappa shape index (κ2) is 5.02. The first-order chi connectivity index (χ1) is 8.88. The van der Waals surface area contributed by atoms with E-state index in [0.29, 0.717) is 5.54 Å². The van der Waals surface area contributed by atoms with Crippen LogP contribution in [0.4, 0.5) is 0 Å². The molecular weight excluding hydrogens is 222 g/mol. The van der Waals surface area contributed by atoms with Crippen molar-refractivity contribution in [1.82, 2.24) is 4.90 Å². The molecule has 2 heteroatoms. The first kappa shape index (κ1) is 12.2. The molecule has 1 aromatic rings. The smallest absolute Gasteiger partial charge is 0.0590 e. The Balaban J connectivity index is 1.87. The van der Waals surface area contributed by atoms with Gasteiger partial charge in [0.25, 0.3) is 0 Å². The fourth-order valence-electron chi connectivity index (χ4n) is 3.98. The number of hydrogen-bond acceptors (Lipinski definition) is 2. The van der Waals surface area contributed by atoms with E-state index >= 15 is 0 Å². The molecule has 0 amide bonds. The average molecular weight is 245 g/mol. The van der Waals surface area contributed by atoms with Crippen LogP contribution in [0.5, 0.6) is 0 Å². The summed E-state index contributed by atoms with van der Waals surface area (Å²) in [5, 5.41) is 0. The Labute approximate surface area is 110 Å². The van der Waals surface area contributed by atoms with Gasteiger partial charge in [-0.2, -0.15) is 0 Å². The fraction of sp³-hybridized carbons (Fsp3) is 0.625. The SMILES string of the molecule is COCCN1CC2CCCCC21c1ccccc1. The first-order valence-corrected chi connectivity index (χ1v) is 7.17. The lowest BCUT2D eigenvalue weighted by atomic mass is 9.62. The van der Waals surface area contributed by atoms with E-state index in [0.717, 1.165) is 19.1 Å². The highest BCUT2D eigenvalue weighted by Crippen LogP contribution is 2.53. The summed E-state index contributed by atoms with van der Waals surface area (Å²) < 4.78 is 5.27. The van der Waals surface area contributed by atoms with Crippen molar-refractivity contribution in [3.63, 3.8) is 0 Å². The molecule has 1 aromatic carbocycles. The topological polar surface area (TPSA) is 12.5 Å². The third-order valence-corrected chi connectivity index (χ3v) is 4.88. The van der Waals surface area contributed by atoms with Crippen LogP contribution in [0.3, 0.4) is 0 Å². The molecule has 0 bridgehead atoms. The van der Waals surface area contributed by atoms with Crippen LogP contribution in [0.25, 0.3) is 0 Å². The summed E-state index contributed by atoms with van der Waals surface area (Å²) in [6.07, 6.45) is 5.51. The minimum absolute atomic E-state index is 0.331. The Hall–Kier alpha value is -0.860. The second-order valence-corrected chi connectivity index (χ2v) is 5.67. The fourth-order valence-corrected chi connectivity index (χ4v) is 3.98. The molecule has 2 atom stereocenters. The zero-order chi connectivity index (χ0) is 12.4. The quantitative estimate of drug-likeness (QED) is 0.808. The van der Waals surface area contributed by atoms with Crippen molar-refractivity contribution in [2.24, 2.45) is 5.92 Å². The summed E-state index contributed by atoms with van der Waals surface area (Å²) in [4.78, 5) is 2.65. The van der Waals surface area contributed by atoms with E-state index in [1.165, 1.54) is 37.8 Å². The molecule has 1 saturated carbocycles. The van der Waals surface area contributed by atoms with Gasteiger partial charge in [-0.25, -0.2) is 0 Å². The number of hydrogen-bond donors (Lipinski definition) is 0. The zero-order valence-electron chi connectivity index (χ0n) is 11.3. The van der Waals surface area contributed by atoms with Gasteiger partial charge in [-0.15, -0.1) is 0 Å². The molecule has 98 valence electrons. The third-order valence-electron chi connectivity index (χ3n) is 4.88. The van der Waals surface area contributed by atoms with Crippen LogP contribution in [0.2, 0.25) is 0 Å². The molecule has 2 aliphatic rings. The van der Waals surface area contributed by atoms with Gasteiger partial charge < -0.3 is 4.74 Å². The number of benzene rings is 1. The lowest BCUT2D eigenvalue weighted by Gasteiger charge is -2.62. The number of methoxy groups -OCH3 is 1. The summed E-state index contributed by atoms with van der Waals surface area (Å²) in [7, 11) is 1.80. The van der Waals surface area contributed by atoms with Crippen molar-refractivity contribution in [3.8, 4) is 0 Å². The molecular formula is C16H23NO. The van der Waals surface area contributed by atoms with Crippen molar-refractivity contribution in [2.75, 3.05) is 26.8 Å². The normalized spacial score (nSPS) is 31.7. The molecule has 1 aliphatic heterocycles. The largest absolute Gasteiger partial charge is 0.383 e. The van der Waals surface area contributed by atoms with Crippen molar-refractivity contribution < 1.29 is 4.74 Å². The lowest BCUT2D eigenvalue weighted by molar-refractivity contribution is -0.121. The minimum Gasteiger partial charge on any atom is -0.383 e. The van der Waals surface area contributed by atoms with Gasteiger partial charge in [0.1, 0.15) is 0 Å². The predicted molar refractivity (Wildman–Crippen MR) is 73.5 cm³/mol. The average Bonchev–Trinajstić information content (AvgIpc) is 2.41. The van der Waals surface area contributed by atoms with E-state index in [4.69, 9.17) is 4.74 Å². The lowest BCUT2D eigenvalue weighted by Crippen LogP contribution is -2.66. The van der Waals surface area contributed by atoms with Crippen molar-refractivity contribution >= 4 is 0 Å². The Morgan fingerprint density at radius 1 is 1.28 bits per heavy atom. The van der Waals surface area contributed by atoms with Crippen LogP contribution in [-0.2, 0) is 10.3 Å². The van der Waals surface area contributed by atoms with Crippen molar-refractivity contribution in [2.45, 2.75) is 31.2 Å². The van der Waals surface area contributed by atoms with Crippen LogP contribution in [-0.4, -0.2) is 31.7 Å². The molecule has 18 heavy (non-hydrogen) atoms. The maximum atomic E-state index is 5.27. The zero-order valence-corrected chi connectivity index (χ0v) is 11.3. The number of rotatable bonds is 4. The van der Waals surface area contributed by atoms with Gasteiger partial charge in [0.15, 0.2) is 0 Å². The summed E-state index contributed by atoms with van der Waals surface area (Å²) in [5.41, 5.74) is 1.86. The minimum atomic E-state index is 0.331. The van der Waals surface area contributed by atoms with Gasteiger partial charge in [-0.3, -0.25) is 4.90 Å². The predicted octanol–water partition coefficient (Wildman–Crippen LogP) is 3.03. The summed E-state index contributed by atoms with van der Waals surface area (Å²) in [6.45, 7) is 3.18. The monoisotopic (exact) mass is 245 g/mol. The molecule has 1 heterocycles. The van der Waals surface area contributed by atoms with Gasteiger partial charge in [0.05, 0.1) is 12.1 Å². The van der Waals surface area contributed by atoms with Crippen molar-refractivity contribution in [3.05, 3.63) is 35.9 Å². The highest BCUT2D eigenvalue weighted by atomic mass is 16.5. The highest BCUT2D eigenvalue weighted by molar-refractivity contribution is 5.30. The van der Waals surface area contributed by atoms with Crippen LogP contribution < -0.4 is 0 Å². The first-order valence-electron chi connectivity index (χ1n) is 7.17. The van der Waals surface area contributed by atoms with Gasteiger partial charge in [0, 0.05) is 20.2 Å². The third kappa shape index (κ3) is 1.79. The van der Waals surface area contributed by atoms with Crippen LogP contribution in [0, 0.1) is 5.92 Å². The molecule has 2 unspecified atom stereocenters. The molecule has 0 spiro atoms. The second-order valence-electron chi connectivity index (χ2n) is 5.67.